The molecule has 0 fully saturated rings. The fraction of sp³-hybridized carbons (Fsp3) is 0.158. The Morgan fingerprint density at radius 2 is 1.83 bits per heavy atom. The molecule has 0 aliphatic rings. The van der Waals surface area contributed by atoms with Gasteiger partial charge in [-0.1, -0.05) is 23.8 Å². The number of fused-ring (bicyclic) bond motifs is 3. The van der Waals surface area contributed by atoms with Gasteiger partial charge >= 0.3 is 0 Å². The van der Waals surface area contributed by atoms with Crippen LogP contribution in [0.2, 0.25) is 0 Å². The molecular formula is C19H19N5. The van der Waals surface area contributed by atoms with Gasteiger partial charge in [0.2, 0.25) is 5.95 Å². The zero-order valence-corrected chi connectivity index (χ0v) is 13.7. The summed E-state index contributed by atoms with van der Waals surface area (Å²) in [5.74, 6) is 0.627. The Morgan fingerprint density at radius 1 is 1.00 bits per heavy atom. The maximum Gasteiger partial charge on any atom is 0.222 e. The predicted octanol–water partition coefficient (Wildman–Crippen LogP) is 3.41. The van der Waals surface area contributed by atoms with Gasteiger partial charge in [-0.25, -0.2) is 4.98 Å². The summed E-state index contributed by atoms with van der Waals surface area (Å²) in [7, 11) is 0. The highest BCUT2D eigenvalue weighted by Crippen LogP contribution is 2.29. The van der Waals surface area contributed by atoms with E-state index >= 15 is 0 Å². The van der Waals surface area contributed by atoms with Crippen LogP contribution in [0.3, 0.4) is 0 Å². The summed E-state index contributed by atoms with van der Waals surface area (Å²) in [6, 6.07) is 12.6. The van der Waals surface area contributed by atoms with Crippen molar-refractivity contribution in [1.29, 1.82) is 0 Å². The largest absolute Gasteiger partial charge is 0.383 e. The first-order valence-corrected chi connectivity index (χ1v) is 7.89. The third-order valence-corrected chi connectivity index (χ3v) is 4.50. The predicted molar refractivity (Wildman–Crippen MR) is 98.9 cm³/mol. The number of aryl methyl sites for hydroxylation is 2. The molecule has 2 heterocycles. The zero-order valence-electron chi connectivity index (χ0n) is 13.7. The number of hydrogen-bond acceptors (Lipinski definition) is 4. The molecule has 0 aliphatic carbocycles. The van der Waals surface area contributed by atoms with Gasteiger partial charge in [0.1, 0.15) is 5.82 Å². The quantitative estimate of drug-likeness (QED) is 0.593. The number of nitrogens with zero attached hydrogens (tertiary/aromatic N) is 3. The average molecular weight is 317 g/mol. The molecule has 120 valence electrons. The van der Waals surface area contributed by atoms with Crippen LogP contribution in [-0.4, -0.2) is 14.5 Å². The van der Waals surface area contributed by atoms with Gasteiger partial charge in [0.15, 0.2) is 0 Å². The fourth-order valence-electron chi connectivity index (χ4n) is 3.24. The van der Waals surface area contributed by atoms with E-state index in [4.69, 9.17) is 11.5 Å². The normalized spacial score (nSPS) is 11.4. The van der Waals surface area contributed by atoms with Crippen molar-refractivity contribution in [3.8, 4) is 0 Å². The van der Waals surface area contributed by atoms with Gasteiger partial charge in [0.05, 0.1) is 10.9 Å². The van der Waals surface area contributed by atoms with Crippen LogP contribution in [0.1, 0.15) is 16.7 Å². The Bertz CT molecular complexity index is 1080. The average Bonchev–Trinajstić information content (AvgIpc) is 2.93. The Hall–Kier alpha value is -3.08. The summed E-state index contributed by atoms with van der Waals surface area (Å²) < 4.78 is 2.23. The molecule has 4 aromatic rings. The van der Waals surface area contributed by atoms with Gasteiger partial charge in [0, 0.05) is 23.6 Å². The third kappa shape index (κ3) is 2.25. The molecule has 0 aliphatic heterocycles. The highest BCUT2D eigenvalue weighted by atomic mass is 15.0. The molecule has 0 unspecified atom stereocenters. The molecule has 0 spiro atoms. The molecule has 5 heteroatoms. The topological polar surface area (TPSA) is 82.8 Å². The van der Waals surface area contributed by atoms with Gasteiger partial charge in [-0.05, 0) is 43.2 Å². The lowest BCUT2D eigenvalue weighted by Gasteiger charge is -2.11. The second-order valence-corrected chi connectivity index (χ2v) is 6.23. The maximum atomic E-state index is 6.09. The smallest absolute Gasteiger partial charge is 0.222 e. The lowest BCUT2D eigenvalue weighted by atomic mass is 10.1. The Balaban J connectivity index is 1.89. The first kappa shape index (κ1) is 14.5. The number of nitrogens with two attached hydrogens (primary N) is 2. The minimum atomic E-state index is 0.203. The van der Waals surface area contributed by atoms with Crippen molar-refractivity contribution in [2.45, 2.75) is 20.4 Å². The molecule has 0 saturated carbocycles. The number of rotatable bonds is 2. The van der Waals surface area contributed by atoms with E-state index in [2.05, 4.69) is 64.9 Å². The van der Waals surface area contributed by atoms with Crippen molar-refractivity contribution in [2.75, 3.05) is 11.5 Å². The van der Waals surface area contributed by atoms with Crippen molar-refractivity contribution < 1.29 is 0 Å². The van der Waals surface area contributed by atoms with E-state index in [1.54, 1.807) is 0 Å². The van der Waals surface area contributed by atoms with Crippen LogP contribution in [0.4, 0.5) is 11.8 Å². The molecule has 24 heavy (non-hydrogen) atoms. The van der Waals surface area contributed by atoms with Gasteiger partial charge in [0.25, 0.3) is 0 Å². The molecule has 4 N–H and O–H groups in total. The van der Waals surface area contributed by atoms with E-state index in [1.165, 1.54) is 16.7 Å². The molecule has 0 saturated heterocycles. The summed E-state index contributed by atoms with van der Waals surface area (Å²) in [5.41, 5.74) is 17.6. The highest BCUT2D eigenvalue weighted by Gasteiger charge is 2.11. The number of aromatic nitrogens is 3. The van der Waals surface area contributed by atoms with Gasteiger partial charge in [-0.15, -0.1) is 0 Å². The summed E-state index contributed by atoms with van der Waals surface area (Å²) in [6.07, 6.45) is 2.08. The first-order chi connectivity index (χ1) is 11.5. The van der Waals surface area contributed by atoms with Gasteiger partial charge in [-0.2, -0.15) is 4.98 Å². The minimum absolute atomic E-state index is 0.203. The molecule has 2 aromatic heterocycles. The van der Waals surface area contributed by atoms with Crippen molar-refractivity contribution in [3.05, 3.63) is 59.3 Å². The van der Waals surface area contributed by atoms with E-state index in [-0.39, 0.29) is 5.95 Å². The van der Waals surface area contributed by atoms with Crippen LogP contribution in [0.25, 0.3) is 21.8 Å². The van der Waals surface area contributed by atoms with E-state index in [9.17, 15) is 0 Å². The molecular weight excluding hydrogens is 298 g/mol. The van der Waals surface area contributed by atoms with Gasteiger partial charge < -0.3 is 16.0 Å². The monoisotopic (exact) mass is 317 g/mol. The Kier molecular flexibility index (Phi) is 3.16. The summed E-state index contributed by atoms with van der Waals surface area (Å²) >= 11 is 0. The minimum Gasteiger partial charge on any atom is -0.383 e. The summed E-state index contributed by atoms with van der Waals surface area (Å²) in [4.78, 5) is 8.39. The van der Waals surface area contributed by atoms with Crippen molar-refractivity contribution in [2.24, 2.45) is 0 Å². The zero-order chi connectivity index (χ0) is 16.8. The summed E-state index contributed by atoms with van der Waals surface area (Å²) in [6.45, 7) is 5.08. The van der Waals surface area contributed by atoms with Crippen molar-refractivity contribution in [1.82, 2.24) is 14.5 Å². The lowest BCUT2D eigenvalue weighted by molar-refractivity contribution is 0.829. The number of nitrogen functional groups attached to an aromatic ring is 2. The van der Waals surface area contributed by atoms with E-state index < -0.39 is 0 Å². The van der Waals surface area contributed by atoms with Crippen LogP contribution < -0.4 is 11.5 Å². The van der Waals surface area contributed by atoms with Gasteiger partial charge in [-0.3, -0.25) is 0 Å². The second kappa shape index (κ2) is 5.23. The van der Waals surface area contributed by atoms with Crippen LogP contribution in [0, 0.1) is 13.8 Å². The first-order valence-electron chi connectivity index (χ1n) is 7.89. The third-order valence-electron chi connectivity index (χ3n) is 4.50. The molecule has 5 nitrogen and oxygen atoms in total. The SMILES string of the molecule is Cc1ccc(C)c(Cn2ccc3c4c(N)nc(N)nc4ccc32)c1. The highest BCUT2D eigenvalue weighted by molar-refractivity contribution is 6.10. The molecule has 0 bridgehead atoms. The standard InChI is InChI=1S/C19H19N5/c1-11-3-4-12(2)13(9-11)10-24-8-7-14-16(24)6-5-15-17(14)18(20)23-19(21)22-15/h3-9H,10H2,1-2H3,(H4,20,21,22,23). The number of benzene rings is 2. The van der Waals surface area contributed by atoms with E-state index in [1.807, 2.05) is 6.07 Å². The van der Waals surface area contributed by atoms with E-state index in [0.29, 0.717) is 5.82 Å². The van der Waals surface area contributed by atoms with Crippen LogP contribution in [-0.2, 0) is 6.54 Å². The van der Waals surface area contributed by atoms with Crippen LogP contribution in [0.5, 0.6) is 0 Å². The van der Waals surface area contributed by atoms with Crippen LogP contribution >= 0.6 is 0 Å². The summed E-state index contributed by atoms with van der Waals surface area (Å²) in [5, 5.41) is 1.91. The second-order valence-electron chi connectivity index (χ2n) is 6.23. The van der Waals surface area contributed by atoms with Crippen molar-refractivity contribution >= 4 is 33.6 Å². The number of anilines is 2. The molecule has 0 atom stereocenters. The lowest BCUT2D eigenvalue weighted by Crippen LogP contribution is -2.02. The molecule has 2 aromatic carbocycles. The maximum absolute atomic E-state index is 6.09. The Morgan fingerprint density at radius 3 is 2.67 bits per heavy atom. The van der Waals surface area contributed by atoms with Crippen LogP contribution in [0.15, 0.2) is 42.6 Å². The molecule has 4 rings (SSSR count). The van der Waals surface area contributed by atoms with Crippen molar-refractivity contribution in [3.63, 3.8) is 0 Å². The van der Waals surface area contributed by atoms with E-state index in [0.717, 1.165) is 28.4 Å². The fourth-order valence-corrected chi connectivity index (χ4v) is 3.24. The Labute approximate surface area is 139 Å². The molecule has 0 radical (unpaired) electrons. The molecule has 0 amide bonds. The number of hydrogen-bond donors (Lipinski definition) is 2.